The second kappa shape index (κ2) is 6.15. The van der Waals surface area contributed by atoms with Crippen LogP contribution in [0.4, 0.5) is 8.78 Å². The van der Waals surface area contributed by atoms with Crippen molar-refractivity contribution in [3.05, 3.63) is 0 Å². The molecule has 0 aromatic heterocycles. The van der Waals surface area contributed by atoms with Crippen LogP contribution in [0.3, 0.4) is 0 Å². The van der Waals surface area contributed by atoms with E-state index in [-0.39, 0.29) is 43.7 Å². The molecule has 0 radical (unpaired) electrons. The van der Waals surface area contributed by atoms with Gasteiger partial charge in [0.1, 0.15) is 0 Å². The van der Waals surface area contributed by atoms with Gasteiger partial charge in [0.2, 0.25) is 5.91 Å². The molecule has 0 aromatic rings. The van der Waals surface area contributed by atoms with Gasteiger partial charge in [-0.15, -0.1) is 12.4 Å². The van der Waals surface area contributed by atoms with Crippen LogP contribution in [0, 0.1) is 11.8 Å². The van der Waals surface area contributed by atoms with Gasteiger partial charge in [0, 0.05) is 18.9 Å². The summed E-state index contributed by atoms with van der Waals surface area (Å²) in [5.41, 5.74) is 5.59. The van der Waals surface area contributed by atoms with Gasteiger partial charge < -0.3 is 10.6 Å². The Hall–Kier alpha value is -0.420. The zero-order chi connectivity index (χ0) is 12.5. The lowest BCUT2D eigenvalue weighted by Gasteiger charge is -2.29. The lowest BCUT2D eigenvalue weighted by atomic mass is 9.81. The van der Waals surface area contributed by atoms with Crippen molar-refractivity contribution in [2.75, 3.05) is 19.6 Å². The molecule has 2 rings (SSSR count). The topological polar surface area (TPSA) is 46.3 Å². The lowest BCUT2D eigenvalue weighted by Crippen LogP contribution is -2.38. The number of likely N-dealkylation sites (tertiary alicyclic amines) is 1. The van der Waals surface area contributed by atoms with E-state index >= 15 is 0 Å². The minimum Gasteiger partial charge on any atom is -0.336 e. The molecule has 0 atom stereocenters. The third kappa shape index (κ3) is 3.54. The summed E-state index contributed by atoms with van der Waals surface area (Å²) in [6.07, 6.45) is 3.34. The molecule has 2 N–H and O–H groups in total. The van der Waals surface area contributed by atoms with Gasteiger partial charge in [-0.25, -0.2) is 8.78 Å². The van der Waals surface area contributed by atoms with E-state index in [1.165, 1.54) is 4.90 Å². The Morgan fingerprint density at radius 1 is 1.28 bits per heavy atom. The first-order valence-electron chi connectivity index (χ1n) is 6.38. The van der Waals surface area contributed by atoms with Crippen molar-refractivity contribution >= 4 is 18.3 Å². The smallest absolute Gasteiger partial charge is 0.267 e. The number of alkyl halides is 2. The monoisotopic (exact) mass is 282 g/mol. The molecule has 2 aliphatic rings. The Labute approximate surface area is 112 Å². The van der Waals surface area contributed by atoms with E-state index in [2.05, 4.69) is 0 Å². The maximum atomic E-state index is 13.0. The molecule has 0 aromatic carbocycles. The molecular formula is C12H21ClF2N2O. The van der Waals surface area contributed by atoms with E-state index in [1.807, 2.05) is 0 Å². The molecule has 0 spiro atoms. The van der Waals surface area contributed by atoms with Crippen LogP contribution in [0.1, 0.15) is 32.1 Å². The Bertz CT molecular complexity index is 294. The molecule has 0 unspecified atom stereocenters. The molecule has 1 aliphatic heterocycles. The van der Waals surface area contributed by atoms with Crippen LogP contribution in [0.2, 0.25) is 0 Å². The van der Waals surface area contributed by atoms with Crippen molar-refractivity contribution in [3.63, 3.8) is 0 Å². The van der Waals surface area contributed by atoms with E-state index in [0.29, 0.717) is 12.5 Å². The van der Waals surface area contributed by atoms with E-state index < -0.39 is 5.92 Å². The minimum absolute atomic E-state index is 0. The molecule has 0 bridgehead atoms. The highest BCUT2D eigenvalue weighted by Gasteiger charge is 2.42. The van der Waals surface area contributed by atoms with E-state index in [0.717, 1.165) is 25.7 Å². The number of carbonyl (C=O) groups is 1. The maximum absolute atomic E-state index is 13.0. The Balaban J connectivity index is 0.00000162. The molecule has 1 saturated carbocycles. The molecule has 106 valence electrons. The Morgan fingerprint density at radius 2 is 1.89 bits per heavy atom. The highest BCUT2D eigenvalue weighted by molar-refractivity contribution is 5.85. The fraction of sp³-hybridized carbons (Fsp3) is 0.917. The van der Waals surface area contributed by atoms with Crippen LogP contribution >= 0.6 is 12.4 Å². The van der Waals surface area contributed by atoms with Crippen LogP contribution in [0.15, 0.2) is 0 Å². The maximum Gasteiger partial charge on any atom is 0.267 e. The molecule has 1 heterocycles. The average Bonchev–Trinajstić information content (AvgIpc) is 2.69. The summed E-state index contributed by atoms with van der Waals surface area (Å²) in [4.78, 5) is 13.4. The number of nitrogens with two attached hydrogens (primary N) is 1. The van der Waals surface area contributed by atoms with Crippen molar-refractivity contribution < 1.29 is 13.6 Å². The molecule has 3 nitrogen and oxygen atoms in total. The second-order valence-electron chi connectivity index (χ2n) is 5.32. The molecule has 1 amide bonds. The van der Waals surface area contributed by atoms with Crippen molar-refractivity contribution in [1.29, 1.82) is 0 Å². The van der Waals surface area contributed by atoms with E-state index in [4.69, 9.17) is 5.73 Å². The number of carbonyl (C=O) groups excluding carboxylic acids is 1. The quantitative estimate of drug-likeness (QED) is 0.842. The summed E-state index contributed by atoms with van der Waals surface area (Å²) in [7, 11) is 0. The van der Waals surface area contributed by atoms with Gasteiger partial charge >= 0.3 is 0 Å². The zero-order valence-electron chi connectivity index (χ0n) is 10.4. The number of hydrogen-bond acceptors (Lipinski definition) is 2. The van der Waals surface area contributed by atoms with Gasteiger partial charge in [0.05, 0.1) is 6.54 Å². The van der Waals surface area contributed by atoms with Crippen LogP contribution in [0.5, 0.6) is 0 Å². The lowest BCUT2D eigenvalue weighted by molar-refractivity contribution is -0.137. The number of nitrogens with zero attached hydrogens (tertiary/aromatic N) is 1. The number of halogens is 3. The Kier molecular flexibility index (Phi) is 5.34. The molecule has 18 heavy (non-hydrogen) atoms. The minimum atomic E-state index is -2.68. The fourth-order valence-electron chi connectivity index (χ4n) is 2.83. The largest absolute Gasteiger partial charge is 0.336 e. The summed E-state index contributed by atoms with van der Waals surface area (Å²) in [5, 5.41) is 0. The van der Waals surface area contributed by atoms with Crippen LogP contribution in [-0.4, -0.2) is 36.4 Å². The predicted molar refractivity (Wildman–Crippen MR) is 67.9 cm³/mol. The molecule has 1 saturated heterocycles. The first-order valence-corrected chi connectivity index (χ1v) is 6.38. The number of rotatable bonds is 2. The summed E-state index contributed by atoms with van der Waals surface area (Å²) < 4.78 is 26.1. The third-order valence-corrected chi connectivity index (χ3v) is 4.01. The summed E-state index contributed by atoms with van der Waals surface area (Å²) >= 11 is 0. The number of amides is 1. The second-order valence-corrected chi connectivity index (χ2v) is 5.32. The van der Waals surface area contributed by atoms with Gasteiger partial charge in [0.15, 0.2) is 0 Å². The molecule has 1 aliphatic carbocycles. The van der Waals surface area contributed by atoms with Crippen molar-refractivity contribution in [3.8, 4) is 0 Å². The van der Waals surface area contributed by atoms with Crippen LogP contribution in [-0.2, 0) is 4.79 Å². The standard InChI is InChI=1S/C12H20F2N2O.ClH/c13-12(14)5-6-16(8-12)11(17)10-3-1-9(7-15)2-4-10;/h9-10H,1-8,15H2;1H. The fourth-order valence-corrected chi connectivity index (χ4v) is 2.83. The van der Waals surface area contributed by atoms with Gasteiger partial charge in [-0.05, 0) is 38.1 Å². The average molecular weight is 283 g/mol. The summed E-state index contributed by atoms with van der Waals surface area (Å²) in [6.45, 7) is 0.494. The van der Waals surface area contributed by atoms with E-state index in [1.54, 1.807) is 0 Å². The Morgan fingerprint density at radius 3 is 2.33 bits per heavy atom. The van der Waals surface area contributed by atoms with Crippen LogP contribution in [0.25, 0.3) is 0 Å². The highest BCUT2D eigenvalue weighted by Crippen LogP contribution is 2.33. The molecule has 6 heteroatoms. The first-order chi connectivity index (χ1) is 8.02. The van der Waals surface area contributed by atoms with E-state index in [9.17, 15) is 13.6 Å². The normalized spacial score (nSPS) is 30.9. The van der Waals surface area contributed by atoms with Crippen molar-refractivity contribution in [2.45, 2.75) is 38.0 Å². The van der Waals surface area contributed by atoms with Gasteiger partial charge in [-0.1, -0.05) is 0 Å². The van der Waals surface area contributed by atoms with Gasteiger partial charge in [-0.3, -0.25) is 4.79 Å². The van der Waals surface area contributed by atoms with Gasteiger partial charge in [-0.2, -0.15) is 0 Å². The highest BCUT2D eigenvalue weighted by atomic mass is 35.5. The summed E-state index contributed by atoms with van der Waals surface area (Å²) in [6, 6.07) is 0. The molecular weight excluding hydrogens is 262 g/mol. The van der Waals surface area contributed by atoms with Crippen molar-refractivity contribution in [1.82, 2.24) is 4.90 Å². The van der Waals surface area contributed by atoms with Crippen molar-refractivity contribution in [2.24, 2.45) is 17.6 Å². The molecule has 2 fully saturated rings. The number of hydrogen-bond donors (Lipinski definition) is 1. The summed E-state index contributed by atoms with van der Waals surface area (Å²) in [5.74, 6) is -2.28. The zero-order valence-corrected chi connectivity index (χ0v) is 11.2. The third-order valence-electron chi connectivity index (χ3n) is 4.01. The van der Waals surface area contributed by atoms with Gasteiger partial charge in [0.25, 0.3) is 5.92 Å². The predicted octanol–water partition coefficient (Wildman–Crippen LogP) is 2.04. The first kappa shape index (κ1) is 15.6. The SMILES string of the molecule is Cl.NCC1CCC(C(=O)N2CCC(F)(F)C2)CC1. The van der Waals surface area contributed by atoms with Crippen LogP contribution < -0.4 is 5.73 Å².